The Bertz CT molecular complexity index is 901. The van der Waals surface area contributed by atoms with Gasteiger partial charge in [-0.2, -0.15) is 9.99 Å². The number of aromatic nitrogens is 1. The first-order valence-corrected chi connectivity index (χ1v) is 7.07. The van der Waals surface area contributed by atoms with E-state index in [4.69, 9.17) is 0 Å². The smallest absolute Gasteiger partial charge is 0.318 e. The summed E-state index contributed by atoms with van der Waals surface area (Å²) in [5.41, 5.74) is 1.04. The van der Waals surface area contributed by atoms with Crippen molar-refractivity contribution < 1.29 is 9.52 Å². The van der Waals surface area contributed by atoms with Crippen LogP contribution in [0.25, 0.3) is 10.9 Å². The fraction of sp³-hybridized carbons (Fsp3) is 0.0556. The Morgan fingerprint density at radius 3 is 2.48 bits per heavy atom. The lowest BCUT2D eigenvalue weighted by atomic mass is 10.1. The molecule has 0 fully saturated rings. The third kappa shape index (κ3) is 2.83. The summed E-state index contributed by atoms with van der Waals surface area (Å²) in [4.78, 5) is 12.4. The molecule has 0 spiro atoms. The van der Waals surface area contributed by atoms with E-state index in [9.17, 15) is 15.3 Å². The first-order chi connectivity index (χ1) is 11.2. The molecule has 0 saturated carbocycles. The summed E-state index contributed by atoms with van der Waals surface area (Å²) in [6, 6.07) is 20.3. The van der Waals surface area contributed by atoms with Crippen molar-refractivity contribution in [3.63, 3.8) is 0 Å². The number of fused-ring (bicyclic) bond motifs is 1. The van der Waals surface area contributed by atoms with Gasteiger partial charge in [-0.3, -0.25) is 4.79 Å². The topological polar surface area (TPSA) is 79.8 Å². The third-order valence-corrected chi connectivity index (χ3v) is 3.57. The molecule has 0 aliphatic heterocycles. The molecule has 5 heteroatoms. The number of benzene rings is 2. The highest BCUT2D eigenvalue weighted by Crippen LogP contribution is 2.13. The minimum atomic E-state index is -0.810. The predicted molar refractivity (Wildman–Crippen MR) is 85.2 cm³/mol. The molecule has 5 nitrogen and oxygen atoms in total. The standard InChI is InChI=1S/C18H13N3O2/c19-12-15(13-6-2-1-3-7-13)20-18(22)17-11-10-14-8-4-5-9-16(14)21(17)23/h1-11,15H,(H,20,22). The number of para-hydroxylation sites is 1. The van der Waals surface area contributed by atoms with Gasteiger partial charge < -0.3 is 10.5 Å². The summed E-state index contributed by atoms with van der Waals surface area (Å²) in [6.07, 6.45) is 0. The highest BCUT2D eigenvalue weighted by atomic mass is 16.5. The second-order valence-electron chi connectivity index (χ2n) is 5.02. The minimum absolute atomic E-state index is 0.0418. The molecule has 1 aromatic heterocycles. The van der Waals surface area contributed by atoms with Gasteiger partial charge >= 0.3 is 5.91 Å². The monoisotopic (exact) mass is 303 g/mol. The number of carbonyl (C=O) groups excluding carboxylic acids is 1. The molecule has 3 aromatic rings. The molecular weight excluding hydrogens is 290 g/mol. The second kappa shape index (κ2) is 6.16. The van der Waals surface area contributed by atoms with E-state index in [1.165, 1.54) is 6.07 Å². The van der Waals surface area contributed by atoms with Gasteiger partial charge in [-0.15, -0.1) is 0 Å². The van der Waals surface area contributed by atoms with Gasteiger partial charge in [0.15, 0.2) is 0 Å². The molecule has 0 radical (unpaired) electrons. The zero-order chi connectivity index (χ0) is 16.2. The molecule has 1 atom stereocenters. The molecule has 0 bridgehead atoms. The predicted octanol–water partition coefficient (Wildman–Crippen LogP) is 2.47. The lowest BCUT2D eigenvalue weighted by Crippen LogP contribution is -2.41. The van der Waals surface area contributed by atoms with E-state index >= 15 is 0 Å². The summed E-state index contributed by atoms with van der Waals surface area (Å²) in [6.45, 7) is 0. The normalized spacial score (nSPS) is 11.6. The van der Waals surface area contributed by atoms with Crippen LogP contribution >= 0.6 is 0 Å². The van der Waals surface area contributed by atoms with Crippen LogP contribution in [-0.4, -0.2) is 5.91 Å². The van der Waals surface area contributed by atoms with E-state index in [0.29, 0.717) is 15.8 Å². The Morgan fingerprint density at radius 1 is 1.04 bits per heavy atom. The molecule has 1 N–H and O–H groups in total. The maximum Gasteiger partial charge on any atom is 0.318 e. The summed E-state index contributed by atoms with van der Waals surface area (Å²) >= 11 is 0. The Kier molecular flexibility index (Phi) is 3.89. The largest absolute Gasteiger partial charge is 0.618 e. The van der Waals surface area contributed by atoms with Gasteiger partial charge in [-0.1, -0.05) is 42.5 Å². The lowest BCUT2D eigenvalue weighted by Gasteiger charge is -2.12. The van der Waals surface area contributed by atoms with Crippen LogP contribution in [-0.2, 0) is 0 Å². The van der Waals surface area contributed by atoms with Gasteiger partial charge in [0.1, 0.15) is 6.04 Å². The molecule has 23 heavy (non-hydrogen) atoms. The quantitative estimate of drug-likeness (QED) is 0.596. The average Bonchev–Trinajstić information content (AvgIpc) is 2.60. The minimum Gasteiger partial charge on any atom is -0.618 e. The maximum absolute atomic E-state index is 12.4. The summed E-state index contributed by atoms with van der Waals surface area (Å²) in [7, 11) is 0. The molecule has 1 amide bonds. The van der Waals surface area contributed by atoms with Crippen LogP contribution in [0.5, 0.6) is 0 Å². The molecular formula is C18H13N3O2. The van der Waals surface area contributed by atoms with Crippen molar-refractivity contribution in [2.24, 2.45) is 0 Å². The highest BCUT2D eigenvalue weighted by Gasteiger charge is 2.22. The van der Waals surface area contributed by atoms with E-state index in [0.717, 1.165) is 5.39 Å². The van der Waals surface area contributed by atoms with E-state index in [1.807, 2.05) is 18.2 Å². The van der Waals surface area contributed by atoms with Crippen LogP contribution in [0, 0.1) is 16.5 Å². The first-order valence-electron chi connectivity index (χ1n) is 7.07. The second-order valence-corrected chi connectivity index (χ2v) is 5.02. The SMILES string of the molecule is N#CC(NC(=O)c1ccc2ccccc2[n+]1[O-])c1ccccc1. The fourth-order valence-corrected chi connectivity index (χ4v) is 2.39. The molecule has 0 saturated heterocycles. The van der Waals surface area contributed by atoms with Gasteiger partial charge in [0, 0.05) is 17.5 Å². The molecule has 0 aliphatic rings. The van der Waals surface area contributed by atoms with Crippen LogP contribution in [0.15, 0.2) is 66.7 Å². The Balaban J connectivity index is 1.92. The number of rotatable bonds is 3. The third-order valence-electron chi connectivity index (χ3n) is 3.57. The molecule has 3 rings (SSSR count). The van der Waals surface area contributed by atoms with Crippen LogP contribution in [0.3, 0.4) is 0 Å². The van der Waals surface area contributed by atoms with E-state index < -0.39 is 11.9 Å². The average molecular weight is 303 g/mol. The number of amides is 1. The van der Waals surface area contributed by atoms with Gasteiger partial charge in [0.05, 0.1) is 6.07 Å². The summed E-state index contributed by atoms with van der Waals surface area (Å²) in [5.74, 6) is -0.582. The molecule has 112 valence electrons. The number of nitriles is 1. The van der Waals surface area contributed by atoms with Crippen LogP contribution in [0.4, 0.5) is 0 Å². The first kappa shape index (κ1) is 14.5. The van der Waals surface area contributed by atoms with Gasteiger partial charge in [0.2, 0.25) is 5.52 Å². The zero-order valence-electron chi connectivity index (χ0n) is 12.1. The van der Waals surface area contributed by atoms with E-state index in [2.05, 4.69) is 5.32 Å². The van der Waals surface area contributed by atoms with Crippen molar-refractivity contribution in [2.45, 2.75) is 6.04 Å². The Hall–Kier alpha value is -3.39. The van der Waals surface area contributed by atoms with Crippen molar-refractivity contribution in [3.05, 3.63) is 83.2 Å². The van der Waals surface area contributed by atoms with Crippen molar-refractivity contribution >= 4 is 16.8 Å². The Morgan fingerprint density at radius 2 is 1.74 bits per heavy atom. The van der Waals surface area contributed by atoms with Crippen molar-refractivity contribution in [2.75, 3.05) is 0 Å². The highest BCUT2D eigenvalue weighted by molar-refractivity contribution is 5.93. The molecule has 1 heterocycles. The van der Waals surface area contributed by atoms with Crippen LogP contribution in [0.1, 0.15) is 22.1 Å². The number of hydrogen-bond acceptors (Lipinski definition) is 3. The van der Waals surface area contributed by atoms with Gasteiger partial charge in [-0.25, -0.2) is 0 Å². The van der Waals surface area contributed by atoms with Crippen molar-refractivity contribution in [1.29, 1.82) is 5.26 Å². The van der Waals surface area contributed by atoms with Crippen LogP contribution in [0.2, 0.25) is 0 Å². The fourth-order valence-electron chi connectivity index (χ4n) is 2.39. The number of nitrogens with zero attached hydrogens (tertiary/aromatic N) is 2. The Labute approximate surface area is 133 Å². The summed E-state index contributed by atoms with van der Waals surface area (Å²) < 4.78 is 0.587. The van der Waals surface area contributed by atoms with Crippen molar-refractivity contribution in [1.82, 2.24) is 5.32 Å². The maximum atomic E-state index is 12.4. The number of pyridine rings is 1. The lowest BCUT2D eigenvalue weighted by molar-refractivity contribution is -0.579. The van der Waals surface area contributed by atoms with Gasteiger partial charge in [0.25, 0.3) is 5.69 Å². The number of hydrogen-bond donors (Lipinski definition) is 1. The number of nitrogens with one attached hydrogen (secondary N) is 1. The number of carbonyl (C=O) groups is 1. The van der Waals surface area contributed by atoms with Crippen molar-refractivity contribution in [3.8, 4) is 6.07 Å². The molecule has 2 aromatic carbocycles. The van der Waals surface area contributed by atoms with E-state index in [-0.39, 0.29) is 5.69 Å². The van der Waals surface area contributed by atoms with E-state index in [1.54, 1.807) is 48.5 Å². The van der Waals surface area contributed by atoms with Crippen LogP contribution < -0.4 is 10.0 Å². The zero-order valence-corrected chi connectivity index (χ0v) is 12.1. The summed E-state index contributed by atoms with van der Waals surface area (Å²) in [5, 5.41) is 24.9. The molecule has 0 aliphatic carbocycles. The van der Waals surface area contributed by atoms with Gasteiger partial charge in [-0.05, 0) is 17.7 Å². The molecule has 1 unspecified atom stereocenters.